The van der Waals surface area contributed by atoms with Crippen molar-refractivity contribution in [2.75, 3.05) is 31.3 Å². The zero-order chi connectivity index (χ0) is 28.6. The number of hydrogen-bond acceptors (Lipinski definition) is 6. The molecule has 0 bridgehead atoms. The van der Waals surface area contributed by atoms with Crippen LogP contribution in [-0.2, 0) is 26.2 Å². The molecule has 0 unspecified atom stereocenters. The molecule has 2 amide bonds. The van der Waals surface area contributed by atoms with Crippen LogP contribution in [0.5, 0.6) is 11.5 Å². The number of nitrogens with zero attached hydrogens (tertiary/aromatic N) is 2. The first-order valence-electron chi connectivity index (χ1n) is 13.1. The molecule has 1 fully saturated rings. The molecule has 11 heteroatoms. The number of benzene rings is 2. The van der Waals surface area contributed by atoms with Crippen molar-refractivity contribution in [3.05, 3.63) is 53.1 Å². The highest BCUT2D eigenvalue weighted by Crippen LogP contribution is 2.30. The molecule has 0 aliphatic heterocycles. The van der Waals surface area contributed by atoms with Gasteiger partial charge in [-0.3, -0.25) is 13.9 Å². The second kappa shape index (κ2) is 13.9. The van der Waals surface area contributed by atoms with Crippen LogP contribution in [-0.4, -0.2) is 64.2 Å². The Labute approximate surface area is 236 Å². The Morgan fingerprint density at radius 3 is 2.44 bits per heavy atom. The van der Waals surface area contributed by atoms with Gasteiger partial charge in [0.1, 0.15) is 17.5 Å². The average molecular weight is 580 g/mol. The molecule has 0 heterocycles. The number of nitrogens with one attached hydrogen (secondary N) is 1. The van der Waals surface area contributed by atoms with Crippen molar-refractivity contribution in [2.45, 2.75) is 64.1 Å². The molecule has 0 radical (unpaired) electrons. The summed E-state index contributed by atoms with van der Waals surface area (Å²) in [5, 5.41) is 3.37. The van der Waals surface area contributed by atoms with E-state index < -0.39 is 16.1 Å². The molecule has 39 heavy (non-hydrogen) atoms. The fourth-order valence-electron chi connectivity index (χ4n) is 4.76. The first-order chi connectivity index (χ1) is 18.5. The number of halogens is 1. The quantitative estimate of drug-likeness (QED) is 0.378. The van der Waals surface area contributed by atoms with E-state index in [0.717, 1.165) is 37.5 Å². The molecule has 0 aromatic heterocycles. The van der Waals surface area contributed by atoms with E-state index in [1.807, 2.05) is 24.3 Å². The number of anilines is 1. The van der Waals surface area contributed by atoms with Crippen LogP contribution in [0.3, 0.4) is 0 Å². The maximum atomic E-state index is 13.5. The summed E-state index contributed by atoms with van der Waals surface area (Å²) >= 11 is 6.22. The Morgan fingerprint density at radius 2 is 1.82 bits per heavy atom. The lowest BCUT2D eigenvalue weighted by Gasteiger charge is -2.30. The highest BCUT2D eigenvalue weighted by Gasteiger charge is 2.29. The fourth-order valence-corrected chi connectivity index (χ4v) is 5.97. The van der Waals surface area contributed by atoms with Crippen molar-refractivity contribution < 1.29 is 27.5 Å². The van der Waals surface area contributed by atoms with Crippen molar-refractivity contribution in [1.82, 2.24) is 10.2 Å². The molecule has 0 spiro atoms. The second-order valence-electron chi connectivity index (χ2n) is 9.80. The Balaban J connectivity index is 1.74. The minimum atomic E-state index is -3.64. The van der Waals surface area contributed by atoms with Crippen LogP contribution in [0.4, 0.5) is 5.69 Å². The summed E-state index contributed by atoms with van der Waals surface area (Å²) in [7, 11) is -0.589. The van der Waals surface area contributed by atoms with Gasteiger partial charge in [-0.1, -0.05) is 36.6 Å². The number of carbonyl (C=O) groups excluding carboxylic acids is 2. The number of sulfonamides is 1. The molecule has 9 nitrogen and oxygen atoms in total. The zero-order valence-electron chi connectivity index (χ0n) is 23.0. The third-order valence-corrected chi connectivity index (χ3v) is 8.42. The molecule has 1 saturated carbocycles. The molecule has 1 aliphatic carbocycles. The summed E-state index contributed by atoms with van der Waals surface area (Å²) in [5.74, 6) is 0.656. The average Bonchev–Trinajstić information content (AvgIpc) is 3.41. The van der Waals surface area contributed by atoms with E-state index in [4.69, 9.17) is 21.1 Å². The standard InChI is InChI=1S/C28H38ClN3O6S/c1-20(28(34)30-22-10-5-6-11-22)31(19-21-9-7-12-24(17-21)37-2)27(33)13-8-16-32(39(4,35)36)23-14-15-26(38-3)25(29)18-23/h7,9,12,14-15,17-18,20,22H,5-6,8,10-11,13,16,19H2,1-4H3,(H,30,34)/t20-/m1/s1. The molecule has 214 valence electrons. The molecule has 3 rings (SSSR count). The summed E-state index contributed by atoms with van der Waals surface area (Å²) < 4.78 is 36.8. The van der Waals surface area contributed by atoms with Gasteiger partial charge in [0.2, 0.25) is 21.8 Å². The smallest absolute Gasteiger partial charge is 0.242 e. The van der Waals surface area contributed by atoms with E-state index in [1.165, 1.54) is 17.5 Å². The van der Waals surface area contributed by atoms with Gasteiger partial charge in [0.05, 0.1) is 31.2 Å². The minimum Gasteiger partial charge on any atom is -0.497 e. The fraction of sp³-hybridized carbons (Fsp3) is 0.500. The van der Waals surface area contributed by atoms with Gasteiger partial charge >= 0.3 is 0 Å². The van der Waals surface area contributed by atoms with Gasteiger partial charge < -0.3 is 19.7 Å². The molecule has 1 aliphatic rings. The second-order valence-corrected chi connectivity index (χ2v) is 12.1. The Morgan fingerprint density at radius 1 is 1.10 bits per heavy atom. The molecular formula is C28H38ClN3O6S. The highest BCUT2D eigenvalue weighted by atomic mass is 35.5. The predicted molar refractivity (Wildman–Crippen MR) is 153 cm³/mol. The first-order valence-corrected chi connectivity index (χ1v) is 15.3. The van der Waals surface area contributed by atoms with Crippen molar-refractivity contribution in [2.24, 2.45) is 0 Å². The number of hydrogen-bond donors (Lipinski definition) is 1. The van der Waals surface area contributed by atoms with Gasteiger partial charge in [-0.25, -0.2) is 8.42 Å². The van der Waals surface area contributed by atoms with Crippen LogP contribution in [0.1, 0.15) is 51.0 Å². The summed E-state index contributed by atoms with van der Waals surface area (Å²) in [6.45, 7) is 2.02. The van der Waals surface area contributed by atoms with Gasteiger partial charge in [0.15, 0.2) is 0 Å². The maximum absolute atomic E-state index is 13.5. The van der Waals surface area contributed by atoms with E-state index in [9.17, 15) is 18.0 Å². The van der Waals surface area contributed by atoms with Crippen LogP contribution in [0.15, 0.2) is 42.5 Å². The van der Waals surface area contributed by atoms with Gasteiger partial charge in [-0.2, -0.15) is 0 Å². The largest absolute Gasteiger partial charge is 0.497 e. The highest BCUT2D eigenvalue weighted by molar-refractivity contribution is 7.92. The zero-order valence-corrected chi connectivity index (χ0v) is 24.6. The summed E-state index contributed by atoms with van der Waals surface area (Å²) in [6, 6.07) is 11.5. The van der Waals surface area contributed by atoms with Crippen LogP contribution < -0.4 is 19.1 Å². The monoisotopic (exact) mass is 579 g/mol. The number of carbonyl (C=O) groups is 2. The van der Waals surface area contributed by atoms with E-state index in [1.54, 1.807) is 31.1 Å². The lowest BCUT2D eigenvalue weighted by molar-refractivity contribution is -0.141. The van der Waals surface area contributed by atoms with Crippen molar-refractivity contribution in [1.29, 1.82) is 0 Å². The van der Waals surface area contributed by atoms with E-state index in [-0.39, 0.29) is 48.8 Å². The van der Waals surface area contributed by atoms with Crippen LogP contribution in [0.2, 0.25) is 5.02 Å². The lowest BCUT2D eigenvalue weighted by Crippen LogP contribution is -2.49. The molecule has 2 aromatic carbocycles. The summed E-state index contributed by atoms with van der Waals surface area (Å²) in [6.07, 6.45) is 5.47. The molecule has 1 atom stereocenters. The van der Waals surface area contributed by atoms with Crippen molar-refractivity contribution in [3.63, 3.8) is 0 Å². The lowest BCUT2D eigenvalue weighted by atomic mass is 10.1. The van der Waals surface area contributed by atoms with E-state index in [2.05, 4.69) is 5.32 Å². The summed E-state index contributed by atoms with van der Waals surface area (Å²) in [5.41, 5.74) is 1.21. The predicted octanol–water partition coefficient (Wildman–Crippen LogP) is 4.38. The van der Waals surface area contributed by atoms with Gasteiger partial charge in [0, 0.05) is 25.6 Å². The Hall–Kier alpha value is -2.98. The number of methoxy groups -OCH3 is 2. The van der Waals surface area contributed by atoms with E-state index in [0.29, 0.717) is 17.2 Å². The Kier molecular flexibility index (Phi) is 10.9. The molecular weight excluding hydrogens is 542 g/mol. The van der Waals surface area contributed by atoms with Crippen LogP contribution >= 0.6 is 11.6 Å². The normalized spacial score (nSPS) is 14.5. The van der Waals surface area contributed by atoms with Crippen molar-refractivity contribution in [3.8, 4) is 11.5 Å². The number of amides is 2. The number of rotatable bonds is 13. The molecule has 0 saturated heterocycles. The first kappa shape index (κ1) is 30.6. The minimum absolute atomic E-state index is 0.0565. The number of ether oxygens (including phenoxy) is 2. The molecule has 2 aromatic rings. The maximum Gasteiger partial charge on any atom is 0.242 e. The third kappa shape index (κ3) is 8.50. The SMILES string of the molecule is COc1cccc(CN(C(=O)CCCN(c2ccc(OC)c(Cl)c2)S(C)(=O)=O)[C@H](C)C(=O)NC2CCCC2)c1. The van der Waals surface area contributed by atoms with Gasteiger partial charge in [-0.05, 0) is 62.1 Å². The van der Waals surface area contributed by atoms with Crippen molar-refractivity contribution >= 4 is 39.1 Å². The van der Waals surface area contributed by atoms with E-state index >= 15 is 0 Å². The Bertz CT molecular complexity index is 1250. The topological polar surface area (TPSA) is 105 Å². The van der Waals surface area contributed by atoms with Gasteiger partial charge in [-0.15, -0.1) is 0 Å². The third-order valence-electron chi connectivity index (χ3n) is 6.93. The van der Waals surface area contributed by atoms with Crippen LogP contribution in [0, 0.1) is 0 Å². The summed E-state index contributed by atoms with van der Waals surface area (Å²) in [4.78, 5) is 28.2. The van der Waals surface area contributed by atoms with Gasteiger partial charge in [0.25, 0.3) is 0 Å². The molecule has 1 N–H and O–H groups in total. The van der Waals surface area contributed by atoms with Crippen LogP contribution in [0.25, 0.3) is 0 Å².